The number of hydrogen-bond acceptors (Lipinski definition) is 2. The first kappa shape index (κ1) is 11.5. The lowest BCUT2D eigenvalue weighted by atomic mass is 9.67. The zero-order chi connectivity index (χ0) is 11.8. The smallest absolute Gasteiger partial charge is 0.249 e. The topological polar surface area (TPSA) is 38.3 Å². The molecule has 3 nitrogen and oxygen atoms in total. The van der Waals surface area contributed by atoms with Gasteiger partial charge in [-0.25, -0.2) is 0 Å². The van der Waals surface area contributed by atoms with E-state index in [2.05, 4.69) is 5.32 Å². The predicted molar refractivity (Wildman–Crippen MR) is 65.6 cm³/mol. The Bertz CT molecular complexity index is 305. The quantitative estimate of drug-likeness (QED) is 0.759. The van der Waals surface area contributed by atoms with Gasteiger partial charge in [-0.1, -0.05) is 26.2 Å². The van der Waals surface area contributed by atoms with E-state index in [-0.39, 0.29) is 18.1 Å². The zero-order valence-corrected chi connectivity index (χ0v) is 10.7. The molecular weight excluding hydrogens is 214 g/mol. The van der Waals surface area contributed by atoms with E-state index < -0.39 is 0 Å². The van der Waals surface area contributed by atoms with Crippen LogP contribution in [0.2, 0.25) is 0 Å². The van der Waals surface area contributed by atoms with Crippen LogP contribution in [-0.4, -0.2) is 24.2 Å². The SMILES string of the molecule is CCC1OC2CCC3CCCCC3C2NC1=O. The van der Waals surface area contributed by atoms with Crippen molar-refractivity contribution < 1.29 is 9.53 Å². The first-order valence-electron chi connectivity index (χ1n) is 7.25. The third-order valence-electron chi connectivity index (χ3n) is 4.96. The molecule has 5 atom stereocenters. The van der Waals surface area contributed by atoms with Crippen LogP contribution in [0.4, 0.5) is 0 Å². The molecule has 1 heterocycles. The number of fused-ring (bicyclic) bond motifs is 3. The maximum atomic E-state index is 11.9. The van der Waals surface area contributed by atoms with E-state index in [1.54, 1.807) is 0 Å². The Morgan fingerprint density at radius 3 is 2.88 bits per heavy atom. The lowest BCUT2D eigenvalue weighted by molar-refractivity contribution is -0.159. The van der Waals surface area contributed by atoms with E-state index in [0.29, 0.717) is 12.0 Å². The van der Waals surface area contributed by atoms with Crippen molar-refractivity contribution >= 4 is 5.91 Å². The summed E-state index contributed by atoms with van der Waals surface area (Å²) in [6.45, 7) is 2.02. The molecule has 3 heteroatoms. The Labute approximate surface area is 103 Å². The number of rotatable bonds is 1. The van der Waals surface area contributed by atoms with Crippen LogP contribution < -0.4 is 5.32 Å². The van der Waals surface area contributed by atoms with Crippen molar-refractivity contribution in [2.45, 2.75) is 70.1 Å². The molecule has 96 valence electrons. The number of carbonyl (C=O) groups excluding carboxylic acids is 1. The maximum Gasteiger partial charge on any atom is 0.249 e. The summed E-state index contributed by atoms with van der Waals surface area (Å²) in [7, 11) is 0. The molecule has 0 bridgehead atoms. The molecule has 3 fully saturated rings. The minimum Gasteiger partial charge on any atom is -0.363 e. The first-order valence-corrected chi connectivity index (χ1v) is 7.25. The van der Waals surface area contributed by atoms with Crippen molar-refractivity contribution in [1.82, 2.24) is 5.32 Å². The van der Waals surface area contributed by atoms with Crippen LogP contribution in [0.15, 0.2) is 0 Å². The van der Waals surface area contributed by atoms with E-state index in [1.165, 1.54) is 32.1 Å². The second-order valence-electron chi connectivity index (χ2n) is 5.89. The molecule has 1 saturated heterocycles. The normalized spacial score (nSPS) is 45.7. The molecule has 2 saturated carbocycles. The summed E-state index contributed by atoms with van der Waals surface area (Å²) < 4.78 is 5.99. The Balaban J connectivity index is 1.74. The van der Waals surface area contributed by atoms with Crippen molar-refractivity contribution in [1.29, 1.82) is 0 Å². The molecule has 1 N–H and O–H groups in total. The fourth-order valence-corrected chi connectivity index (χ4v) is 4.07. The van der Waals surface area contributed by atoms with Gasteiger partial charge in [-0.05, 0) is 37.5 Å². The summed E-state index contributed by atoms with van der Waals surface area (Å²) in [5, 5.41) is 3.25. The Hall–Kier alpha value is -0.570. The third-order valence-corrected chi connectivity index (χ3v) is 4.96. The van der Waals surface area contributed by atoms with Crippen LogP contribution in [0.25, 0.3) is 0 Å². The van der Waals surface area contributed by atoms with Crippen molar-refractivity contribution in [3.8, 4) is 0 Å². The summed E-state index contributed by atoms with van der Waals surface area (Å²) in [6.07, 6.45) is 8.69. The van der Waals surface area contributed by atoms with Crippen molar-refractivity contribution in [3.63, 3.8) is 0 Å². The second-order valence-corrected chi connectivity index (χ2v) is 5.89. The van der Waals surface area contributed by atoms with Gasteiger partial charge in [0.25, 0.3) is 0 Å². The van der Waals surface area contributed by atoms with Crippen molar-refractivity contribution in [2.24, 2.45) is 11.8 Å². The molecule has 2 aliphatic carbocycles. The standard InChI is InChI=1S/C14H23NO2/c1-2-11-14(16)15-13-10-6-4-3-5-9(10)7-8-12(13)17-11/h9-13H,2-8H2,1H3,(H,15,16). The van der Waals surface area contributed by atoms with E-state index in [4.69, 9.17) is 4.74 Å². The van der Waals surface area contributed by atoms with Gasteiger partial charge in [-0.2, -0.15) is 0 Å². The lowest BCUT2D eigenvalue weighted by Crippen LogP contribution is -2.62. The van der Waals surface area contributed by atoms with E-state index in [1.807, 2.05) is 6.92 Å². The van der Waals surface area contributed by atoms with E-state index >= 15 is 0 Å². The summed E-state index contributed by atoms with van der Waals surface area (Å²) in [4.78, 5) is 11.9. The Morgan fingerprint density at radius 2 is 2.06 bits per heavy atom. The van der Waals surface area contributed by atoms with Gasteiger partial charge in [0, 0.05) is 0 Å². The van der Waals surface area contributed by atoms with Crippen LogP contribution in [0.3, 0.4) is 0 Å². The molecule has 0 aromatic heterocycles. The molecule has 0 aromatic rings. The summed E-state index contributed by atoms with van der Waals surface area (Å²) in [5.41, 5.74) is 0. The molecule has 0 radical (unpaired) electrons. The van der Waals surface area contributed by atoms with Crippen LogP contribution in [0.1, 0.15) is 51.9 Å². The molecule has 3 aliphatic rings. The highest BCUT2D eigenvalue weighted by molar-refractivity contribution is 5.81. The van der Waals surface area contributed by atoms with Gasteiger partial charge in [0.2, 0.25) is 5.91 Å². The average molecular weight is 237 g/mol. The molecule has 0 spiro atoms. The molecule has 17 heavy (non-hydrogen) atoms. The van der Waals surface area contributed by atoms with E-state index in [9.17, 15) is 4.79 Å². The molecular formula is C14H23NO2. The lowest BCUT2D eigenvalue weighted by Gasteiger charge is -2.49. The average Bonchev–Trinajstić information content (AvgIpc) is 2.38. The number of ether oxygens (including phenoxy) is 1. The monoisotopic (exact) mass is 237 g/mol. The Morgan fingerprint density at radius 1 is 1.24 bits per heavy atom. The fourth-order valence-electron chi connectivity index (χ4n) is 4.07. The second kappa shape index (κ2) is 4.60. The van der Waals surface area contributed by atoms with Crippen molar-refractivity contribution in [2.75, 3.05) is 0 Å². The van der Waals surface area contributed by atoms with E-state index in [0.717, 1.165) is 18.8 Å². The third kappa shape index (κ3) is 1.99. The number of nitrogens with one attached hydrogen (secondary N) is 1. The van der Waals surface area contributed by atoms with Crippen molar-refractivity contribution in [3.05, 3.63) is 0 Å². The van der Waals surface area contributed by atoms with Gasteiger partial charge in [0.1, 0.15) is 6.10 Å². The number of morpholine rings is 1. The number of carbonyl (C=O) groups is 1. The molecule has 1 amide bonds. The van der Waals surface area contributed by atoms with Gasteiger partial charge < -0.3 is 10.1 Å². The predicted octanol–water partition coefficient (Wildman–Crippen LogP) is 2.25. The highest BCUT2D eigenvalue weighted by Crippen LogP contribution is 2.42. The molecule has 3 rings (SSSR count). The zero-order valence-electron chi connectivity index (χ0n) is 10.7. The number of amides is 1. The molecule has 0 aromatic carbocycles. The fraction of sp³-hybridized carbons (Fsp3) is 0.929. The largest absolute Gasteiger partial charge is 0.363 e. The van der Waals surface area contributed by atoms with Crippen LogP contribution in [-0.2, 0) is 9.53 Å². The minimum absolute atomic E-state index is 0.125. The van der Waals surface area contributed by atoms with Gasteiger partial charge >= 0.3 is 0 Å². The van der Waals surface area contributed by atoms with Gasteiger partial charge in [0.15, 0.2) is 0 Å². The minimum atomic E-state index is -0.198. The summed E-state index contributed by atoms with van der Waals surface area (Å²) >= 11 is 0. The highest BCUT2D eigenvalue weighted by Gasteiger charge is 2.45. The van der Waals surface area contributed by atoms with Crippen LogP contribution in [0.5, 0.6) is 0 Å². The highest BCUT2D eigenvalue weighted by atomic mass is 16.5. The van der Waals surface area contributed by atoms with Crippen LogP contribution in [0, 0.1) is 11.8 Å². The number of hydrogen-bond donors (Lipinski definition) is 1. The van der Waals surface area contributed by atoms with Gasteiger partial charge in [-0.15, -0.1) is 0 Å². The first-order chi connectivity index (χ1) is 8.29. The Kier molecular flexibility index (Phi) is 3.12. The van der Waals surface area contributed by atoms with Gasteiger partial charge in [-0.3, -0.25) is 4.79 Å². The van der Waals surface area contributed by atoms with Gasteiger partial charge in [0.05, 0.1) is 12.1 Å². The molecule has 1 aliphatic heterocycles. The maximum absolute atomic E-state index is 11.9. The summed E-state index contributed by atoms with van der Waals surface area (Å²) in [5.74, 6) is 1.65. The molecule has 5 unspecified atom stereocenters. The summed E-state index contributed by atoms with van der Waals surface area (Å²) in [6, 6.07) is 0.310. The van der Waals surface area contributed by atoms with Crippen LogP contribution >= 0.6 is 0 Å².